The summed E-state index contributed by atoms with van der Waals surface area (Å²) >= 11 is 0. The Balaban J connectivity index is 1.41. The highest BCUT2D eigenvalue weighted by Gasteiger charge is 2.16. The molecule has 36 heavy (non-hydrogen) atoms. The maximum Gasteiger partial charge on any atom is 0.269 e. The molecule has 0 aliphatic rings. The Hall–Kier alpha value is -4.56. The quantitative estimate of drug-likeness (QED) is 0.234. The molecule has 0 atom stereocenters. The Morgan fingerprint density at radius 3 is 2.11 bits per heavy atom. The Kier molecular flexibility index (Phi) is 6.42. The van der Waals surface area contributed by atoms with Gasteiger partial charge in [0, 0.05) is 53.8 Å². The predicted octanol–water partition coefficient (Wildman–Crippen LogP) is 5.54. The molecule has 0 bridgehead atoms. The number of para-hydroxylation sites is 2. The SMILES string of the molecule is Cc1nn(-c2ccccc2)c(C)c1CNCc1cn(-c2ccccc2)nc1-c1ccc([N+](=O)[O-])cc1. The van der Waals surface area contributed by atoms with Gasteiger partial charge >= 0.3 is 0 Å². The van der Waals surface area contributed by atoms with Crippen LogP contribution in [0.15, 0.2) is 91.1 Å². The van der Waals surface area contributed by atoms with E-state index in [1.54, 1.807) is 12.1 Å². The molecule has 0 aliphatic carbocycles. The minimum atomic E-state index is -0.394. The molecule has 5 aromatic rings. The van der Waals surface area contributed by atoms with Crippen LogP contribution >= 0.6 is 0 Å². The molecule has 1 N–H and O–H groups in total. The maximum absolute atomic E-state index is 11.1. The van der Waals surface area contributed by atoms with Crippen molar-refractivity contribution in [2.45, 2.75) is 26.9 Å². The summed E-state index contributed by atoms with van der Waals surface area (Å²) in [5.74, 6) is 0. The van der Waals surface area contributed by atoms with Crippen molar-refractivity contribution in [1.29, 1.82) is 0 Å². The number of hydrogen-bond acceptors (Lipinski definition) is 5. The third-order valence-electron chi connectivity index (χ3n) is 6.22. The number of nitro groups is 1. The van der Waals surface area contributed by atoms with Crippen LogP contribution in [0.5, 0.6) is 0 Å². The summed E-state index contributed by atoms with van der Waals surface area (Å²) in [6, 6.07) is 26.5. The zero-order valence-electron chi connectivity index (χ0n) is 20.1. The van der Waals surface area contributed by atoms with Gasteiger partial charge in [0.15, 0.2) is 0 Å². The zero-order chi connectivity index (χ0) is 25.1. The lowest BCUT2D eigenvalue weighted by atomic mass is 10.1. The van der Waals surface area contributed by atoms with Crippen LogP contribution in [0.2, 0.25) is 0 Å². The average Bonchev–Trinajstić information content (AvgIpc) is 3.46. The van der Waals surface area contributed by atoms with Crippen LogP contribution in [0.1, 0.15) is 22.5 Å². The Morgan fingerprint density at radius 1 is 0.833 bits per heavy atom. The summed E-state index contributed by atoms with van der Waals surface area (Å²) in [5, 5.41) is 24.2. The summed E-state index contributed by atoms with van der Waals surface area (Å²) in [6.45, 7) is 5.34. The fourth-order valence-electron chi connectivity index (χ4n) is 4.31. The molecule has 0 aliphatic heterocycles. The first-order valence-corrected chi connectivity index (χ1v) is 11.7. The predicted molar refractivity (Wildman–Crippen MR) is 139 cm³/mol. The van der Waals surface area contributed by atoms with Crippen LogP contribution in [0.3, 0.4) is 0 Å². The molecule has 0 spiro atoms. The number of nitrogens with zero attached hydrogens (tertiary/aromatic N) is 5. The van der Waals surface area contributed by atoms with Gasteiger partial charge in [0.2, 0.25) is 0 Å². The first-order chi connectivity index (χ1) is 17.5. The molecule has 180 valence electrons. The number of rotatable bonds is 8. The van der Waals surface area contributed by atoms with Gasteiger partial charge in [0.25, 0.3) is 5.69 Å². The Labute approximate surface area is 209 Å². The second kappa shape index (κ2) is 9.97. The third-order valence-corrected chi connectivity index (χ3v) is 6.22. The molecule has 2 heterocycles. The summed E-state index contributed by atoms with van der Waals surface area (Å²) in [5.41, 5.74) is 7.90. The van der Waals surface area contributed by atoms with E-state index in [0.717, 1.165) is 45.1 Å². The van der Waals surface area contributed by atoms with Crippen molar-refractivity contribution in [3.8, 4) is 22.6 Å². The summed E-state index contributed by atoms with van der Waals surface area (Å²) in [4.78, 5) is 10.7. The summed E-state index contributed by atoms with van der Waals surface area (Å²) in [7, 11) is 0. The standard InChI is InChI=1S/C28H26N6O2/c1-20-27(21(2)33(30-20)25-11-7-4-8-12-25)18-29-17-23-19-32(24-9-5-3-6-10-24)31-28(23)22-13-15-26(16-14-22)34(35)36/h3-16,19,29H,17-18H2,1-2H3. The molecule has 3 aromatic carbocycles. The van der Waals surface area contributed by atoms with Gasteiger partial charge in [-0.25, -0.2) is 9.36 Å². The Morgan fingerprint density at radius 2 is 1.47 bits per heavy atom. The highest BCUT2D eigenvalue weighted by Crippen LogP contribution is 2.26. The van der Waals surface area contributed by atoms with Crippen molar-refractivity contribution in [1.82, 2.24) is 24.9 Å². The van der Waals surface area contributed by atoms with Crippen LogP contribution in [0.25, 0.3) is 22.6 Å². The highest BCUT2D eigenvalue weighted by molar-refractivity contribution is 5.64. The molecule has 8 nitrogen and oxygen atoms in total. The lowest BCUT2D eigenvalue weighted by molar-refractivity contribution is -0.384. The number of aryl methyl sites for hydroxylation is 1. The van der Waals surface area contributed by atoms with Crippen LogP contribution in [0, 0.1) is 24.0 Å². The summed E-state index contributed by atoms with van der Waals surface area (Å²) in [6.07, 6.45) is 2.01. The van der Waals surface area contributed by atoms with E-state index in [1.807, 2.05) is 83.1 Å². The van der Waals surface area contributed by atoms with E-state index in [2.05, 4.69) is 12.2 Å². The van der Waals surface area contributed by atoms with Gasteiger partial charge in [-0.2, -0.15) is 10.2 Å². The van der Waals surface area contributed by atoms with Gasteiger partial charge in [0.05, 0.1) is 27.7 Å². The van der Waals surface area contributed by atoms with Gasteiger partial charge in [-0.1, -0.05) is 36.4 Å². The van der Waals surface area contributed by atoms with Crippen LogP contribution in [-0.4, -0.2) is 24.5 Å². The lowest BCUT2D eigenvalue weighted by Gasteiger charge is -2.07. The molecule has 8 heteroatoms. The van der Waals surface area contributed by atoms with E-state index in [-0.39, 0.29) is 5.69 Å². The molecule has 0 saturated carbocycles. The molecule has 0 fully saturated rings. The smallest absolute Gasteiger partial charge is 0.269 e. The van der Waals surface area contributed by atoms with Crippen molar-refractivity contribution in [3.63, 3.8) is 0 Å². The maximum atomic E-state index is 11.1. The van der Waals surface area contributed by atoms with Crippen molar-refractivity contribution in [2.75, 3.05) is 0 Å². The van der Waals surface area contributed by atoms with E-state index in [1.165, 1.54) is 12.1 Å². The number of nitrogens with one attached hydrogen (secondary N) is 1. The van der Waals surface area contributed by atoms with Crippen molar-refractivity contribution in [2.24, 2.45) is 0 Å². The van der Waals surface area contributed by atoms with E-state index in [0.29, 0.717) is 13.1 Å². The topological polar surface area (TPSA) is 90.8 Å². The van der Waals surface area contributed by atoms with Crippen molar-refractivity contribution < 1.29 is 4.92 Å². The third kappa shape index (κ3) is 4.67. The molecule has 0 unspecified atom stereocenters. The van der Waals surface area contributed by atoms with Crippen molar-refractivity contribution in [3.05, 3.63) is 124 Å². The lowest BCUT2D eigenvalue weighted by Crippen LogP contribution is -2.14. The minimum Gasteiger partial charge on any atom is -0.308 e. The average molecular weight is 479 g/mol. The summed E-state index contributed by atoms with van der Waals surface area (Å²) < 4.78 is 3.82. The first-order valence-electron chi connectivity index (χ1n) is 11.7. The number of aromatic nitrogens is 4. The van der Waals surface area contributed by atoms with Gasteiger partial charge < -0.3 is 5.32 Å². The van der Waals surface area contributed by atoms with E-state index in [4.69, 9.17) is 10.2 Å². The fraction of sp³-hybridized carbons (Fsp3) is 0.143. The van der Waals surface area contributed by atoms with E-state index in [9.17, 15) is 10.1 Å². The fourth-order valence-corrected chi connectivity index (χ4v) is 4.31. The number of hydrogen-bond donors (Lipinski definition) is 1. The molecule has 0 amide bonds. The number of non-ortho nitro benzene ring substituents is 1. The molecule has 0 saturated heterocycles. The Bertz CT molecular complexity index is 1490. The molecular formula is C28H26N6O2. The van der Waals surface area contributed by atoms with Gasteiger partial charge in [-0.05, 0) is 50.2 Å². The zero-order valence-corrected chi connectivity index (χ0v) is 20.1. The monoisotopic (exact) mass is 478 g/mol. The number of benzene rings is 3. The second-order valence-electron chi connectivity index (χ2n) is 8.59. The normalized spacial score (nSPS) is 11.1. The minimum absolute atomic E-state index is 0.0577. The van der Waals surface area contributed by atoms with Gasteiger partial charge in [-0.15, -0.1) is 0 Å². The molecular weight excluding hydrogens is 452 g/mol. The highest BCUT2D eigenvalue weighted by atomic mass is 16.6. The number of nitro benzene ring substituents is 1. The molecule has 0 radical (unpaired) electrons. The molecule has 2 aromatic heterocycles. The van der Waals surface area contributed by atoms with Gasteiger partial charge in [-0.3, -0.25) is 10.1 Å². The van der Waals surface area contributed by atoms with Gasteiger partial charge in [0.1, 0.15) is 0 Å². The van der Waals surface area contributed by atoms with Crippen LogP contribution in [-0.2, 0) is 13.1 Å². The largest absolute Gasteiger partial charge is 0.308 e. The van der Waals surface area contributed by atoms with Crippen molar-refractivity contribution >= 4 is 5.69 Å². The second-order valence-corrected chi connectivity index (χ2v) is 8.59. The first kappa shape index (κ1) is 23.2. The van der Waals surface area contributed by atoms with E-state index >= 15 is 0 Å². The van der Waals surface area contributed by atoms with E-state index < -0.39 is 4.92 Å². The van der Waals surface area contributed by atoms with Crippen LogP contribution < -0.4 is 5.32 Å². The van der Waals surface area contributed by atoms with Crippen LogP contribution in [0.4, 0.5) is 5.69 Å². The molecule has 5 rings (SSSR count).